The largest absolute Gasteiger partial charge is 0.496 e. The van der Waals surface area contributed by atoms with Gasteiger partial charge in [-0.15, -0.1) is 0 Å². The van der Waals surface area contributed by atoms with E-state index in [9.17, 15) is 9.18 Å². The number of ether oxygens (including phenoxy) is 1. The first kappa shape index (κ1) is 15.8. The van der Waals surface area contributed by atoms with Crippen LogP contribution in [0.25, 0.3) is 0 Å². The smallest absolute Gasteiger partial charge is 0.258 e. The maximum atomic E-state index is 14.0. The highest BCUT2D eigenvalue weighted by Gasteiger charge is 2.34. The Morgan fingerprint density at radius 1 is 1.22 bits per heavy atom. The molecule has 0 aromatic heterocycles. The molecule has 3 nitrogen and oxygen atoms in total. The highest BCUT2D eigenvalue weighted by atomic mass is 35.5. The second-order valence-corrected chi connectivity index (χ2v) is 6.07. The summed E-state index contributed by atoms with van der Waals surface area (Å²) in [6.45, 7) is 0. The van der Waals surface area contributed by atoms with Crippen molar-refractivity contribution in [3.05, 3.63) is 64.4 Å². The zero-order chi connectivity index (χ0) is 16.4. The number of hydrogen-bond acceptors (Lipinski definition) is 2. The zero-order valence-corrected chi connectivity index (χ0v) is 13.4. The average molecular weight is 334 g/mol. The van der Waals surface area contributed by atoms with Gasteiger partial charge in [-0.25, -0.2) is 4.39 Å². The highest BCUT2D eigenvalue weighted by molar-refractivity contribution is 6.30. The van der Waals surface area contributed by atoms with Crippen molar-refractivity contribution in [2.24, 2.45) is 0 Å². The first-order valence-electron chi connectivity index (χ1n) is 7.49. The molecule has 5 heteroatoms. The molecule has 2 aromatic rings. The van der Waals surface area contributed by atoms with Crippen molar-refractivity contribution in [1.82, 2.24) is 5.32 Å². The number of methoxy groups -OCH3 is 1. The van der Waals surface area contributed by atoms with E-state index in [-0.39, 0.29) is 23.3 Å². The summed E-state index contributed by atoms with van der Waals surface area (Å²) in [5, 5.41) is 3.60. The van der Waals surface area contributed by atoms with Crippen LogP contribution in [-0.4, -0.2) is 19.1 Å². The molecule has 1 fully saturated rings. The Kier molecular flexibility index (Phi) is 4.53. The van der Waals surface area contributed by atoms with Gasteiger partial charge in [0.15, 0.2) is 0 Å². The Morgan fingerprint density at radius 2 is 1.96 bits per heavy atom. The van der Waals surface area contributed by atoms with Crippen LogP contribution in [0, 0.1) is 5.82 Å². The van der Waals surface area contributed by atoms with E-state index in [0.29, 0.717) is 5.02 Å². The molecule has 1 amide bonds. The van der Waals surface area contributed by atoms with Crippen LogP contribution in [-0.2, 0) is 0 Å². The first-order valence-corrected chi connectivity index (χ1v) is 7.86. The molecule has 2 unspecified atom stereocenters. The maximum absolute atomic E-state index is 14.0. The number of hydrogen-bond donors (Lipinski definition) is 1. The number of carbonyl (C=O) groups excluding carboxylic acids is 1. The lowest BCUT2D eigenvalue weighted by Crippen LogP contribution is -2.45. The molecule has 1 saturated carbocycles. The van der Waals surface area contributed by atoms with Crippen molar-refractivity contribution in [1.29, 1.82) is 0 Å². The molecule has 2 aromatic carbocycles. The quantitative estimate of drug-likeness (QED) is 0.912. The fraction of sp³-hybridized carbons (Fsp3) is 0.278. The van der Waals surface area contributed by atoms with Crippen LogP contribution in [0.4, 0.5) is 4.39 Å². The van der Waals surface area contributed by atoms with E-state index >= 15 is 0 Å². The topological polar surface area (TPSA) is 38.3 Å². The van der Waals surface area contributed by atoms with E-state index in [1.54, 1.807) is 6.07 Å². The number of halogens is 2. The zero-order valence-electron chi connectivity index (χ0n) is 12.7. The van der Waals surface area contributed by atoms with Crippen molar-refractivity contribution in [2.45, 2.75) is 24.8 Å². The molecule has 0 bridgehead atoms. The molecule has 0 radical (unpaired) electrons. The molecule has 120 valence electrons. The lowest BCUT2D eigenvalue weighted by molar-refractivity contribution is 0.0897. The summed E-state index contributed by atoms with van der Waals surface area (Å²) in [5.41, 5.74) is 1.09. The Labute approximate surface area is 139 Å². The van der Waals surface area contributed by atoms with Gasteiger partial charge >= 0.3 is 0 Å². The maximum Gasteiger partial charge on any atom is 0.258 e. The fourth-order valence-corrected chi connectivity index (χ4v) is 3.04. The SMILES string of the molecule is COc1cccc(F)c1C(=O)NC1CCC1c1ccc(Cl)cc1. The van der Waals surface area contributed by atoms with Gasteiger partial charge in [0.2, 0.25) is 0 Å². The van der Waals surface area contributed by atoms with E-state index in [4.69, 9.17) is 16.3 Å². The minimum atomic E-state index is -0.579. The lowest BCUT2D eigenvalue weighted by atomic mass is 9.75. The third kappa shape index (κ3) is 3.17. The standard InChI is InChI=1S/C18H17ClFNO2/c1-23-16-4-2-3-14(20)17(16)18(22)21-15-10-9-13(15)11-5-7-12(19)8-6-11/h2-8,13,15H,9-10H2,1H3,(H,21,22). The molecule has 0 heterocycles. The molecule has 1 aliphatic rings. The predicted molar refractivity (Wildman–Crippen MR) is 87.6 cm³/mol. The number of amides is 1. The van der Waals surface area contributed by atoms with Gasteiger partial charge < -0.3 is 10.1 Å². The summed E-state index contributed by atoms with van der Waals surface area (Å²) < 4.78 is 19.1. The summed E-state index contributed by atoms with van der Waals surface area (Å²) in [6.07, 6.45) is 1.86. The molecular formula is C18H17ClFNO2. The first-order chi connectivity index (χ1) is 11.1. The van der Waals surface area contributed by atoms with Crippen LogP contribution >= 0.6 is 11.6 Å². The Hall–Kier alpha value is -2.07. The summed E-state index contributed by atoms with van der Waals surface area (Å²) in [7, 11) is 1.42. The van der Waals surface area contributed by atoms with Gasteiger partial charge in [-0.3, -0.25) is 4.79 Å². The van der Waals surface area contributed by atoms with Crippen LogP contribution in [0.3, 0.4) is 0 Å². The van der Waals surface area contributed by atoms with Crippen LogP contribution in [0.15, 0.2) is 42.5 Å². The van der Waals surface area contributed by atoms with Gasteiger partial charge in [0.1, 0.15) is 17.1 Å². The monoisotopic (exact) mass is 333 g/mol. The predicted octanol–water partition coefficient (Wildman–Crippen LogP) is 4.16. The van der Waals surface area contributed by atoms with Gasteiger partial charge in [-0.2, -0.15) is 0 Å². The normalized spacial score (nSPS) is 19.8. The van der Waals surface area contributed by atoms with Gasteiger partial charge in [0.05, 0.1) is 7.11 Å². The number of carbonyl (C=O) groups is 1. The van der Waals surface area contributed by atoms with Crippen molar-refractivity contribution in [3.8, 4) is 5.75 Å². The van der Waals surface area contributed by atoms with Crippen molar-refractivity contribution < 1.29 is 13.9 Å². The molecule has 0 spiro atoms. The third-order valence-corrected chi connectivity index (χ3v) is 4.56. The van der Waals surface area contributed by atoms with Crippen LogP contribution in [0.5, 0.6) is 5.75 Å². The molecule has 1 aliphatic carbocycles. The number of benzene rings is 2. The van der Waals surface area contributed by atoms with E-state index < -0.39 is 11.7 Å². The summed E-state index contributed by atoms with van der Waals surface area (Å²) in [6, 6.07) is 12.0. The van der Waals surface area contributed by atoms with E-state index in [1.165, 1.54) is 19.2 Å². The molecule has 0 aliphatic heterocycles. The fourth-order valence-electron chi connectivity index (χ4n) is 2.92. The van der Waals surface area contributed by atoms with E-state index in [2.05, 4.69) is 5.32 Å². The van der Waals surface area contributed by atoms with Crippen molar-refractivity contribution >= 4 is 17.5 Å². The number of rotatable bonds is 4. The molecule has 1 N–H and O–H groups in total. The molecule has 3 rings (SSSR count). The van der Waals surface area contributed by atoms with Gasteiger partial charge in [-0.05, 0) is 42.7 Å². The summed E-state index contributed by atoms with van der Waals surface area (Å²) in [4.78, 5) is 12.4. The van der Waals surface area contributed by atoms with Crippen LogP contribution in [0.1, 0.15) is 34.7 Å². The molecular weight excluding hydrogens is 317 g/mol. The molecule has 2 atom stereocenters. The van der Waals surface area contributed by atoms with Crippen molar-refractivity contribution in [3.63, 3.8) is 0 Å². The third-order valence-electron chi connectivity index (χ3n) is 4.31. The van der Waals surface area contributed by atoms with Gasteiger partial charge in [-0.1, -0.05) is 29.8 Å². The Balaban J connectivity index is 1.75. The summed E-state index contributed by atoms with van der Waals surface area (Å²) >= 11 is 5.90. The van der Waals surface area contributed by atoms with E-state index in [0.717, 1.165) is 18.4 Å². The van der Waals surface area contributed by atoms with Crippen LogP contribution < -0.4 is 10.1 Å². The second kappa shape index (κ2) is 6.59. The highest BCUT2D eigenvalue weighted by Crippen LogP contribution is 2.37. The minimum absolute atomic E-state index is 0.00649. The Morgan fingerprint density at radius 3 is 2.57 bits per heavy atom. The molecule has 0 saturated heterocycles. The number of nitrogens with one attached hydrogen (secondary N) is 1. The lowest BCUT2D eigenvalue weighted by Gasteiger charge is -2.37. The second-order valence-electron chi connectivity index (χ2n) is 5.63. The average Bonchev–Trinajstić information content (AvgIpc) is 2.53. The van der Waals surface area contributed by atoms with Crippen LogP contribution in [0.2, 0.25) is 5.02 Å². The van der Waals surface area contributed by atoms with Gasteiger partial charge in [0, 0.05) is 17.0 Å². The molecule has 23 heavy (non-hydrogen) atoms. The Bertz CT molecular complexity index is 717. The van der Waals surface area contributed by atoms with Crippen molar-refractivity contribution in [2.75, 3.05) is 7.11 Å². The summed E-state index contributed by atoms with van der Waals surface area (Å²) in [5.74, 6) is -0.549. The minimum Gasteiger partial charge on any atom is -0.496 e. The van der Waals surface area contributed by atoms with Gasteiger partial charge in [0.25, 0.3) is 5.91 Å². The van der Waals surface area contributed by atoms with E-state index in [1.807, 2.05) is 24.3 Å².